The molecule has 0 spiro atoms. The van der Waals surface area contributed by atoms with Crippen LogP contribution in [-0.2, 0) is 7.05 Å². The summed E-state index contributed by atoms with van der Waals surface area (Å²) in [4.78, 5) is 44.6. The molecule has 0 radical (unpaired) electrons. The van der Waals surface area contributed by atoms with E-state index >= 15 is 0 Å². The highest BCUT2D eigenvalue weighted by Gasteiger charge is 2.31. The Balaban J connectivity index is 1.32. The minimum absolute atomic E-state index is 0.0787. The largest absolute Gasteiger partial charge is 0.492 e. The van der Waals surface area contributed by atoms with E-state index in [4.69, 9.17) is 10.7 Å². The molecule has 1 fully saturated rings. The summed E-state index contributed by atoms with van der Waals surface area (Å²) in [5.74, 6) is -0.852. The molecule has 12 heteroatoms. The maximum absolute atomic E-state index is 12.9. The zero-order chi connectivity index (χ0) is 28.0. The number of hydrogen-bond donors (Lipinski definition) is 2. The number of rotatable bonds is 5. The first kappa shape index (κ1) is 25.2. The lowest BCUT2D eigenvalue weighted by molar-refractivity contribution is 0.0700. The molecular weight excluding hydrogens is 510 g/mol. The third-order valence-corrected chi connectivity index (χ3v) is 7.32. The molecule has 3 N–H and O–H groups in total. The van der Waals surface area contributed by atoms with Gasteiger partial charge in [-0.05, 0) is 31.9 Å². The third-order valence-electron chi connectivity index (χ3n) is 7.32. The van der Waals surface area contributed by atoms with Gasteiger partial charge in [0.25, 0.3) is 5.91 Å². The maximum Gasteiger partial charge on any atom is 0.278 e. The fraction of sp³-hybridized carbons (Fsp3) is 0.250. The molecule has 1 aliphatic rings. The number of nitrogens with two attached hydrogens (primary N) is 1. The van der Waals surface area contributed by atoms with Gasteiger partial charge in [0, 0.05) is 73.7 Å². The van der Waals surface area contributed by atoms with Gasteiger partial charge in [0.2, 0.25) is 5.88 Å². The molecule has 6 heterocycles. The van der Waals surface area contributed by atoms with Crippen LogP contribution in [-0.4, -0.2) is 68.9 Å². The van der Waals surface area contributed by atoms with Crippen molar-refractivity contribution in [3.8, 4) is 28.3 Å². The number of ketones is 1. The van der Waals surface area contributed by atoms with Crippen molar-refractivity contribution in [2.75, 3.05) is 18.8 Å². The molecule has 40 heavy (non-hydrogen) atoms. The van der Waals surface area contributed by atoms with E-state index in [0.29, 0.717) is 42.8 Å². The molecule has 1 saturated heterocycles. The normalized spacial score (nSPS) is 14.1. The molecule has 6 rings (SSSR count). The van der Waals surface area contributed by atoms with Gasteiger partial charge < -0.3 is 20.3 Å². The monoisotopic (exact) mass is 537 g/mol. The highest BCUT2D eigenvalue weighted by molar-refractivity contribution is 6.00. The van der Waals surface area contributed by atoms with Crippen LogP contribution in [0.1, 0.15) is 52.2 Å². The van der Waals surface area contributed by atoms with E-state index in [1.807, 2.05) is 42.2 Å². The summed E-state index contributed by atoms with van der Waals surface area (Å²) in [6.07, 6.45) is 11.3. The molecule has 1 amide bonds. The molecule has 1 aliphatic heterocycles. The van der Waals surface area contributed by atoms with Crippen molar-refractivity contribution >= 4 is 23.2 Å². The van der Waals surface area contributed by atoms with Crippen molar-refractivity contribution in [1.29, 1.82) is 0 Å². The second-order valence-corrected chi connectivity index (χ2v) is 9.90. The topological polar surface area (TPSA) is 157 Å². The minimum atomic E-state index is -0.395. The van der Waals surface area contributed by atoms with Crippen LogP contribution < -0.4 is 5.73 Å². The quantitative estimate of drug-likeness (QED) is 0.321. The van der Waals surface area contributed by atoms with Gasteiger partial charge in [-0.2, -0.15) is 9.61 Å². The van der Waals surface area contributed by atoms with Gasteiger partial charge in [0.05, 0.1) is 23.1 Å². The lowest BCUT2D eigenvalue weighted by Gasteiger charge is -2.32. The lowest BCUT2D eigenvalue weighted by Crippen LogP contribution is -2.39. The van der Waals surface area contributed by atoms with Crippen molar-refractivity contribution in [3.05, 3.63) is 72.3 Å². The Bertz CT molecular complexity index is 1750. The van der Waals surface area contributed by atoms with E-state index in [-0.39, 0.29) is 29.1 Å². The second-order valence-electron chi connectivity index (χ2n) is 9.90. The number of fused-ring (bicyclic) bond motifs is 1. The Morgan fingerprint density at radius 1 is 1.02 bits per heavy atom. The van der Waals surface area contributed by atoms with E-state index in [1.165, 1.54) is 23.8 Å². The van der Waals surface area contributed by atoms with Gasteiger partial charge >= 0.3 is 0 Å². The first-order chi connectivity index (χ1) is 19.3. The number of piperidine rings is 1. The third kappa shape index (κ3) is 4.32. The maximum atomic E-state index is 12.9. The Hall–Kier alpha value is -5.13. The molecule has 0 aromatic carbocycles. The molecule has 0 atom stereocenters. The summed E-state index contributed by atoms with van der Waals surface area (Å²) in [5.41, 5.74) is 11.4. The summed E-state index contributed by atoms with van der Waals surface area (Å²) in [5, 5.41) is 14.4. The SMILES string of the molecule is CC(=O)c1c(C2CCN(C(=O)c3nccnc3O)CC2)nc2c(-c3ccc(-c4ccn(C)c4)nc3)cnn2c1N. The predicted molar refractivity (Wildman–Crippen MR) is 147 cm³/mol. The summed E-state index contributed by atoms with van der Waals surface area (Å²) in [6, 6.07) is 5.92. The molecule has 0 unspecified atom stereocenters. The first-order valence-electron chi connectivity index (χ1n) is 12.9. The van der Waals surface area contributed by atoms with Crippen LogP contribution >= 0.6 is 0 Å². The van der Waals surface area contributed by atoms with Crippen LogP contribution in [0, 0.1) is 0 Å². The number of hydrogen-bond acceptors (Lipinski definition) is 9. The van der Waals surface area contributed by atoms with Gasteiger partial charge in [-0.25, -0.2) is 15.0 Å². The number of nitrogens with zero attached hydrogens (tertiary/aromatic N) is 8. The first-order valence-corrected chi connectivity index (χ1v) is 12.9. The van der Waals surface area contributed by atoms with Gasteiger partial charge in [-0.3, -0.25) is 14.6 Å². The molecular formula is C28H27N9O3. The Kier molecular flexibility index (Phi) is 6.21. The predicted octanol–water partition coefficient (Wildman–Crippen LogP) is 3.10. The van der Waals surface area contributed by atoms with Gasteiger partial charge in [-0.1, -0.05) is 6.07 Å². The number of pyridine rings is 1. The molecule has 5 aromatic rings. The summed E-state index contributed by atoms with van der Waals surface area (Å²) in [6.45, 7) is 2.27. The number of nitrogen functional groups attached to an aromatic ring is 1. The zero-order valence-corrected chi connectivity index (χ0v) is 22.0. The van der Waals surface area contributed by atoms with Crippen molar-refractivity contribution in [1.82, 2.24) is 39.0 Å². The van der Waals surface area contributed by atoms with Gasteiger partial charge in [0.1, 0.15) is 5.82 Å². The Morgan fingerprint density at radius 3 is 2.45 bits per heavy atom. The van der Waals surface area contributed by atoms with E-state index in [0.717, 1.165) is 22.4 Å². The van der Waals surface area contributed by atoms with Crippen LogP contribution in [0.2, 0.25) is 0 Å². The van der Waals surface area contributed by atoms with Crippen LogP contribution in [0.25, 0.3) is 28.0 Å². The number of carbonyl (C=O) groups excluding carboxylic acids is 2. The van der Waals surface area contributed by atoms with E-state index in [9.17, 15) is 14.7 Å². The average molecular weight is 538 g/mol. The van der Waals surface area contributed by atoms with E-state index in [2.05, 4.69) is 20.1 Å². The van der Waals surface area contributed by atoms with Gasteiger partial charge in [0.15, 0.2) is 17.1 Å². The van der Waals surface area contributed by atoms with Crippen molar-refractivity contribution < 1.29 is 14.7 Å². The molecule has 5 aromatic heterocycles. The van der Waals surface area contributed by atoms with Crippen molar-refractivity contribution in [2.45, 2.75) is 25.7 Å². The molecule has 202 valence electrons. The Labute approximate surface area is 229 Å². The van der Waals surface area contributed by atoms with Crippen LogP contribution in [0.3, 0.4) is 0 Å². The number of carbonyl (C=O) groups is 2. The lowest BCUT2D eigenvalue weighted by atomic mass is 9.89. The highest BCUT2D eigenvalue weighted by Crippen LogP contribution is 2.35. The fourth-order valence-electron chi connectivity index (χ4n) is 5.26. The number of aromatic hydroxyl groups is 1. The number of amides is 1. The fourth-order valence-corrected chi connectivity index (χ4v) is 5.26. The number of aromatic nitrogens is 7. The Morgan fingerprint density at radius 2 is 1.80 bits per heavy atom. The zero-order valence-electron chi connectivity index (χ0n) is 22.0. The summed E-state index contributed by atoms with van der Waals surface area (Å²) in [7, 11) is 1.96. The molecule has 0 aliphatic carbocycles. The summed E-state index contributed by atoms with van der Waals surface area (Å²) < 4.78 is 3.47. The standard InChI is InChI=1S/C28H27N9O3/c1-16(38)22-23(17-6-11-36(12-7-17)28(40)24-27(39)31-9-8-30-24)34-26-20(14-33-37(26)25(22)29)18-3-4-21(32-13-18)19-5-10-35(2)15-19/h3-5,8-10,13-15,17H,6-7,11-12,29H2,1-2H3,(H,31,39). The van der Waals surface area contributed by atoms with E-state index < -0.39 is 5.88 Å². The van der Waals surface area contributed by atoms with Gasteiger partial charge in [-0.15, -0.1) is 0 Å². The minimum Gasteiger partial charge on any atom is -0.492 e. The second kappa shape index (κ2) is 9.88. The van der Waals surface area contributed by atoms with Crippen molar-refractivity contribution in [3.63, 3.8) is 0 Å². The highest BCUT2D eigenvalue weighted by atomic mass is 16.3. The molecule has 0 bridgehead atoms. The number of likely N-dealkylation sites (tertiary alicyclic amines) is 1. The number of aryl methyl sites for hydroxylation is 1. The molecule has 0 saturated carbocycles. The smallest absolute Gasteiger partial charge is 0.278 e. The van der Waals surface area contributed by atoms with Crippen molar-refractivity contribution in [2.24, 2.45) is 7.05 Å². The molecule has 12 nitrogen and oxygen atoms in total. The number of Topliss-reactive ketones (excluding diaryl/α,β-unsaturated/α-hetero) is 1. The number of anilines is 1. The van der Waals surface area contributed by atoms with Crippen LogP contribution in [0.5, 0.6) is 5.88 Å². The van der Waals surface area contributed by atoms with Crippen LogP contribution in [0.15, 0.2) is 55.4 Å². The van der Waals surface area contributed by atoms with E-state index in [1.54, 1.807) is 17.3 Å². The summed E-state index contributed by atoms with van der Waals surface area (Å²) >= 11 is 0. The van der Waals surface area contributed by atoms with Crippen LogP contribution in [0.4, 0.5) is 5.82 Å². The average Bonchev–Trinajstić information content (AvgIpc) is 3.59.